The first kappa shape index (κ1) is 15.0. The Kier molecular flexibility index (Phi) is 5.54. The number of hydrogen-bond acceptors (Lipinski definition) is 3. The van der Waals surface area contributed by atoms with Crippen molar-refractivity contribution in [2.45, 2.75) is 6.54 Å². The van der Waals surface area contributed by atoms with Crippen LogP contribution in [0, 0.1) is 3.57 Å². The molecule has 0 saturated heterocycles. The highest BCUT2D eigenvalue weighted by Crippen LogP contribution is 2.10. The molecule has 0 bridgehead atoms. The summed E-state index contributed by atoms with van der Waals surface area (Å²) in [6.45, 7) is 0.477. The molecule has 0 aliphatic carbocycles. The van der Waals surface area contributed by atoms with Crippen molar-refractivity contribution in [2.24, 2.45) is 0 Å². The fraction of sp³-hybridized carbons (Fsp3) is 0.143. The summed E-state index contributed by atoms with van der Waals surface area (Å²) >= 11 is 3.68. The highest BCUT2D eigenvalue weighted by atomic mass is 127. The Morgan fingerprint density at radius 2 is 1.90 bits per heavy atom. The van der Waals surface area contributed by atoms with Crippen molar-refractivity contribution < 1.29 is 9.59 Å². The summed E-state index contributed by atoms with van der Waals surface area (Å²) in [5.41, 5.74) is 0.583. The first-order chi connectivity index (χ1) is 9.66. The quantitative estimate of drug-likeness (QED) is 0.758. The molecule has 0 spiro atoms. The van der Waals surface area contributed by atoms with Crippen molar-refractivity contribution in [1.29, 1.82) is 0 Å². The van der Waals surface area contributed by atoms with Gasteiger partial charge < -0.3 is 10.6 Å². The minimum absolute atomic E-state index is 0.0187. The van der Waals surface area contributed by atoms with Gasteiger partial charge in [-0.15, -0.1) is 11.3 Å². The summed E-state index contributed by atoms with van der Waals surface area (Å²) in [6, 6.07) is 11.1. The third-order valence-electron chi connectivity index (χ3n) is 2.57. The molecule has 0 unspecified atom stereocenters. The molecule has 4 nitrogen and oxygen atoms in total. The fourth-order valence-electron chi connectivity index (χ4n) is 1.56. The first-order valence-corrected chi connectivity index (χ1v) is 7.94. The van der Waals surface area contributed by atoms with Gasteiger partial charge in [-0.1, -0.05) is 18.2 Å². The van der Waals surface area contributed by atoms with Crippen LogP contribution in [0.4, 0.5) is 0 Å². The lowest BCUT2D eigenvalue weighted by molar-refractivity contribution is -0.120. The number of benzene rings is 1. The summed E-state index contributed by atoms with van der Waals surface area (Å²) in [5.74, 6) is -0.432. The molecule has 0 saturated carbocycles. The van der Waals surface area contributed by atoms with Gasteiger partial charge in [0.1, 0.15) is 0 Å². The molecule has 0 fully saturated rings. The van der Waals surface area contributed by atoms with Crippen molar-refractivity contribution in [1.82, 2.24) is 10.6 Å². The van der Waals surface area contributed by atoms with Gasteiger partial charge in [0.15, 0.2) is 0 Å². The van der Waals surface area contributed by atoms with Gasteiger partial charge in [-0.25, -0.2) is 0 Å². The molecule has 0 aliphatic rings. The lowest BCUT2D eigenvalue weighted by Gasteiger charge is -2.07. The van der Waals surface area contributed by atoms with E-state index in [1.165, 1.54) is 0 Å². The van der Waals surface area contributed by atoms with Gasteiger partial charge in [-0.3, -0.25) is 9.59 Å². The van der Waals surface area contributed by atoms with Crippen LogP contribution < -0.4 is 10.6 Å². The normalized spacial score (nSPS) is 10.1. The van der Waals surface area contributed by atoms with Crippen LogP contribution in [0.15, 0.2) is 41.8 Å². The minimum Gasteiger partial charge on any atom is -0.350 e. The number of carbonyl (C=O) groups excluding carboxylic acids is 2. The van der Waals surface area contributed by atoms with Crippen LogP contribution >= 0.6 is 33.9 Å². The maximum Gasteiger partial charge on any atom is 0.252 e. The Hall–Kier alpha value is -1.41. The highest BCUT2D eigenvalue weighted by molar-refractivity contribution is 14.1. The smallest absolute Gasteiger partial charge is 0.252 e. The maximum atomic E-state index is 11.9. The Morgan fingerprint density at radius 3 is 2.60 bits per heavy atom. The van der Waals surface area contributed by atoms with E-state index in [1.807, 2.05) is 29.6 Å². The van der Waals surface area contributed by atoms with Crippen LogP contribution in [-0.2, 0) is 11.3 Å². The van der Waals surface area contributed by atoms with E-state index in [4.69, 9.17) is 0 Å². The predicted molar refractivity (Wildman–Crippen MR) is 87.7 cm³/mol. The average Bonchev–Trinajstić information content (AvgIpc) is 2.96. The van der Waals surface area contributed by atoms with E-state index in [2.05, 4.69) is 33.2 Å². The molecule has 20 heavy (non-hydrogen) atoms. The first-order valence-electron chi connectivity index (χ1n) is 5.98. The number of amides is 2. The van der Waals surface area contributed by atoms with E-state index in [1.54, 1.807) is 23.5 Å². The van der Waals surface area contributed by atoms with Crippen molar-refractivity contribution >= 4 is 45.7 Å². The number of thiophene rings is 1. The summed E-state index contributed by atoms with van der Waals surface area (Å²) in [6.07, 6.45) is 0. The van der Waals surface area contributed by atoms with E-state index in [9.17, 15) is 9.59 Å². The largest absolute Gasteiger partial charge is 0.350 e. The van der Waals surface area contributed by atoms with Crippen LogP contribution in [0.2, 0.25) is 0 Å². The maximum absolute atomic E-state index is 11.9. The molecule has 2 rings (SSSR count). The zero-order valence-corrected chi connectivity index (χ0v) is 13.5. The summed E-state index contributed by atoms with van der Waals surface area (Å²) in [4.78, 5) is 24.6. The van der Waals surface area contributed by atoms with Crippen molar-refractivity contribution in [2.75, 3.05) is 6.54 Å². The molecule has 0 atom stereocenters. The van der Waals surface area contributed by atoms with Crippen molar-refractivity contribution in [3.8, 4) is 0 Å². The number of nitrogens with one attached hydrogen (secondary N) is 2. The van der Waals surface area contributed by atoms with Gasteiger partial charge in [-0.2, -0.15) is 0 Å². The third-order valence-corrected chi connectivity index (χ3v) is 4.38. The molecule has 2 N–H and O–H groups in total. The molecule has 104 valence electrons. The fourth-order valence-corrected chi connectivity index (χ4v) is 2.84. The summed E-state index contributed by atoms with van der Waals surface area (Å²) in [5, 5.41) is 7.34. The standard InChI is InChI=1S/C14H13IN2O2S/c15-12-6-2-1-5-11(12)14(19)17-9-13(18)16-8-10-4-3-7-20-10/h1-7H,8-9H2,(H,16,18)(H,17,19). The summed E-state index contributed by atoms with van der Waals surface area (Å²) in [7, 11) is 0. The SMILES string of the molecule is O=C(CNC(=O)c1ccccc1I)NCc1cccs1. The van der Waals surface area contributed by atoms with Crippen LogP contribution in [-0.4, -0.2) is 18.4 Å². The Bertz CT molecular complexity index is 599. The van der Waals surface area contributed by atoms with E-state index in [-0.39, 0.29) is 18.4 Å². The molecule has 2 aromatic rings. The predicted octanol–water partition coefficient (Wildman–Crippen LogP) is 2.40. The second-order valence-corrected chi connectivity index (χ2v) is 6.21. The number of hydrogen-bond donors (Lipinski definition) is 2. The van der Waals surface area contributed by atoms with Gasteiger partial charge in [-0.05, 0) is 46.2 Å². The Morgan fingerprint density at radius 1 is 1.10 bits per heavy atom. The zero-order valence-electron chi connectivity index (χ0n) is 10.6. The highest BCUT2D eigenvalue weighted by Gasteiger charge is 2.10. The van der Waals surface area contributed by atoms with Gasteiger partial charge in [0.05, 0.1) is 18.7 Å². The average molecular weight is 400 g/mol. The zero-order chi connectivity index (χ0) is 14.4. The minimum atomic E-state index is -0.235. The van der Waals surface area contributed by atoms with E-state index in [0.717, 1.165) is 8.45 Å². The third kappa shape index (κ3) is 4.31. The van der Waals surface area contributed by atoms with E-state index >= 15 is 0 Å². The van der Waals surface area contributed by atoms with Crippen LogP contribution in [0.5, 0.6) is 0 Å². The molecule has 0 radical (unpaired) electrons. The lowest BCUT2D eigenvalue weighted by Crippen LogP contribution is -2.36. The molecular formula is C14H13IN2O2S. The van der Waals surface area contributed by atoms with E-state index < -0.39 is 0 Å². The summed E-state index contributed by atoms with van der Waals surface area (Å²) < 4.78 is 0.863. The number of carbonyl (C=O) groups is 2. The van der Waals surface area contributed by atoms with Gasteiger partial charge >= 0.3 is 0 Å². The second kappa shape index (κ2) is 7.39. The topological polar surface area (TPSA) is 58.2 Å². The second-order valence-electron chi connectivity index (χ2n) is 4.02. The molecule has 2 amide bonds. The Labute approximate surface area is 134 Å². The van der Waals surface area contributed by atoms with Crippen molar-refractivity contribution in [3.05, 3.63) is 55.8 Å². The van der Waals surface area contributed by atoms with Crippen LogP contribution in [0.1, 0.15) is 15.2 Å². The monoisotopic (exact) mass is 400 g/mol. The van der Waals surface area contributed by atoms with Gasteiger partial charge in [0.2, 0.25) is 5.91 Å². The number of halogens is 1. The molecule has 0 aliphatic heterocycles. The van der Waals surface area contributed by atoms with Gasteiger partial charge in [0.25, 0.3) is 5.91 Å². The Balaban J connectivity index is 1.78. The van der Waals surface area contributed by atoms with Gasteiger partial charge in [0, 0.05) is 8.45 Å². The number of rotatable bonds is 5. The van der Waals surface area contributed by atoms with Crippen molar-refractivity contribution in [3.63, 3.8) is 0 Å². The van der Waals surface area contributed by atoms with Crippen LogP contribution in [0.3, 0.4) is 0 Å². The molecule has 1 aromatic heterocycles. The van der Waals surface area contributed by atoms with Crippen LogP contribution in [0.25, 0.3) is 0 Å². The molecule has 6 heteroatoms. The molecule has 1 heterocycles. The lowest BCUT2D eigenvalue weighted by atomic mass is 10.2. The van der Waals surface area contributed by atoms with E-state index in [0.29, 0.717) is 12.1 Å². The molecular weight excluding hydrogens is 387 g/mol. The molecule has 1 aromatic carbocycles.